The Labute approximate surface area is 142 Å². The maximum Gasteiger partial charge on any atom is 0.0846 e. The van der Waals surface area contributed by atoms with Gasteiger partial charge in [0.05, 0.1) is 5.38 Å². The van der Waals surface area contributed by atoms with Gasteiger partial charge in [-0.15, -0.1) is 11.6 Å². The third-order valence-electron chi connectivity index (χ3n) is 3.52. The minimum Gasteiger partial charge on any atom is -0.113 e. The molecule has 2 rings (SSSR count). The van der Waals surface area contributed by atoms with Crippen molar-refractivity contribution in [3.8, 4) is 0 Å². The lowest BCUT2D eigenvalue weighted by Gasteiger charge is -2.15. The largest absolute Gasteiger partial charge is 0.113 e. The summed E-state index contributed by atoms with van der Waals surface area (Å²) < 4.78 is 2.08. The molecule has 3 heteroatoms. The molecule has 2 aromatic carbocycles. The second-order valence-electron chi connectivity index (χ2n) is 4.76. The van der Waals surface area contributed by atoms with E-state index in [1.54, 1.807) is 0 Å². The molecule has 0 aliphatic carbocycles. The van der Waals surface area contributed by atoms with E-state index in [9.17, 15) is 0 Å². The van der Waals surface area contributed by atoms with Gasteiger partial charge in [-0.3, -0.25) is 0 Å². The lowest BCUT2D eigenvalue weighted by Crippen LogP contribution is -1.99. The van der Waals surface area contributed by atoms with Crippen LogP contribution in [0.1, 0.15) is 41.5 Å². The van der Waals surface area contributed by atoms with Gasteiger partial charge in [-0.05, 0) is 53.3 Å². The summed E-state index contributed by atoms with van der Waals surface area (Å²) in [6.07, 6.45) is 2.11. The first-order valence-corrected chi connectivity index (χ1v) is 8.79. The van der Waals surface area contributed by atoms with Crippen molar-refractivity contribution in [1.29, 1.82) is 0 Å². The van der Waals surface area contributed by atoms with Gasteiger partial charge in [-0.1, -0.05) is 63.9 Å². The van der Waals surface area contributed by atoms with E-state index < -0.39 is 0 Å². The van der Waals surface area contributed by atoms with Crippen molar-refractivity contribution in [2.75, 3.05) is 0 Å². The van der Waals surface area contributed by atoms with Gasteiger partial charge in [0.2, 0.25) is 0 Å². The lowest BCUT2D eigenvalue weighted by atomic mass is 9.96. The molecule has 0 N–H and O–H groups in total. The topological polar surface area (TPSA) is 0 Å². The van der Waals surface area contributed by atoms with Crippen LogP contribution in [0.25, 0.3) is 0 Å². The summed E-state index contributed by atoms with van der Waals surface area (Å²) in [6.45, 7) is 4.38. The summed E-state index contributed by atoms with van der Waals surface area (Å²) in [5, 5.41) is -0.141. The molecule has 0 saturated carbocycles. The highest BCUT2D eigenvalue weighted by atomic mass is 79.9. The Morgan fingerprint density at radius 1 is 0.950 bits per heavy atom. The quantitative estimate of drug-likeness (QED) is 0.489. The number of aryl methyl sites for hydroxylation is 2. The molecule has 0 aliphatic rings. The van der Waals surface area contributed by atoms with Gasteiger partial charge < -0.3 is 0 Å². The Morgan fingerprint density at radius 2 is 1.65 bits per heavy atom. The maximum absolute atomic E-state index is 6.68. The van der Waals surface area contributed by atoms with E-state index in [2.05, 4.69) is 70.0 Å². The molecule has 1 atom stereocenters. The molecule has 0 fully saturated rings. The van der Waals surface area contributed by atoms with Crippen molar-refractivity contribution in [2.45, 2.75) is 32.1 Å². The zero-order valence-corrected chi connectivity index (χ0v) is 15.5. The lowest BCUT2D eigenvalue weighted by molar-refractivity contribution is 1.01. The third kappa shape index (κ3) is 3.47. The van der Waals surface area contributed by atoms with Crippen molar-refractivity contribution in [2.24, 2.45) is 0 Å². The van der Waals surface area contributed by atoms with Crippen LogP contribution in [0.2, 0.25) is 0 Å². The SMILES string of the molecule is CCc1ccc(C(Cl)c2cc(Br)ccc2Br)cc1CC. The zero-order valence-electron chi connectivity index (χ0n) is 11.6. The normalized spacial score (nSPS) is 12.4. The van der Waals surface area contributed by atoms with Crippen LogP contribution in [-0.2, 0) is 12.8 Å². The number of halogens is 3. The molecular formula is C17H17Br2Cl. The van der Waals surface area contributed by atoms with Crippen LogP contribution in [0.15, 0.2) is 45.3 Å². The summed E-state index contributed by atoms with van der Waals surface area (Å²) in [5.74, 6) is 0. The molecule has 0 aliphatic heterocycles. The molecule has 2 aromatic rings. The van der Waals surface area contributed by atoms with Gasteiger partial charge in [0.25, 0.3) is 0 Å². The summed E-state index contributed by atoms with van der Waals surface area (Å²) in [5.41, 5.74) is 5.04. The van der Waals surface area contributed by atoms with Gasteiger partial charge in [0.1, 0.15) is 0 Å². The van der Waals surface area contributed by atoms with Crippen LogP contribution in [0.5, 0.6) is 0 Å². The van der Waals surface area contributed by atoms with Crippen molar-refractivity contribution >= 4 is 43.5 Å². The van der Waals surface area contributed by atoms with Crippen LogP contribution in [0.4, 0.5) is 0 Å². The van der Waals surface area contributed by atoms with E-state index in [4.69, 9.17) is 11.6 Å². The van der Waals surface area contributed by atoms with Gasteiger partial charge in [0, 0.05) is 8.95 Å². The van der Waals surface area contributed by atoms with Gasteiger partial charge in [-0.2, -0.15) is 0 Å². The van der Waals surface area contributed by atoms with Gasteiger partial charge in [0.15, 0.2) is 0 Å². The Hall–Kier alpha value is -0.310. The molecule has 0 heterocycles. The van der Waals surface area contributed by atoms with E-state index in [0.717, 1.165) is 32.9 Å². The van der Waals surface area contributed by atoms with Crippen molar-refractivity contribution in [3.05, 3.63) is 67.6 Å². The van der Waals surface area contributed by atoms with E-state index in [1.807, 2.05) is 12.1 Å². The number of hydrogen-bond donors (Lipinski definition) is 0. The molecule has 0 nitrogen and oxygen atoms in total. The van der Waals surface area contributed by atoms with Gasteiger partial charge in [-0.25, -0.2) is 0 Å². The zero-order chi connectivity index (χ0) is 14.7. The van der Waals surface area contributed by atoms with E-state index >= 15 is 0 Å². The minimum absolute atomic E-state index is 0.141. The van der Waals surface area contributed by atoms with E-state index in [0.29, 0.717) is 0 Å². The molecule has 0 saturated heterocycles. The standard InChI is InChI=1S/C17H17Br2Cl/c1-3-11-5-6-13(9-12(11)4-2)17(20)15-10-14(18)7-8-16(15)19/h5-10,17H,3-4H2,1-2H3. The summed E-state index contributed by atoms with van der Waals surface area (Å²) in [4.78, 5) is 0. The monoisotopic (exact) mass is 414 g/mol. The molecule has 20 heavy (non-hydrogen) atoms. The fraction of sp³-hybridized carbons (Fsp3) is 0.294. The highest BCUT2D eigenvalue weighted by molar-refractivity contribution is 9.11. The number of hydrogen-bond acceptors (Lipinski definition) is 0. The fourth-order valence-electron chi connectivity index (χ4n) is 2.37. The Morgan fingerprint density at radius 3 is 2.30 bits per heavy atom. The first-order chi connectivity index (χ1) is 9.56. The fourth-order valence-corrected chi connectivity index (χ4v) is 3.67. The maximum atomic E-state index is 6.68. The van der Waals surface area contributed by atoms with Crippen molar-refractivity contribution in [1.82, 2.24) is 0 Å². The minimum atomic E-state index is -0.141. The second kappa shape index (κ2) is 7.11. The number of benzene rings is 2. The average molecular weight is 417 g/mol. The summed E-state index contributed by atoms with van der Waals surface area (Å²) in [6, 6.07) is 12.7. The molecule has 1 unspecified atom stereocenters. The average Bonchev–Trinajstić information content (AvgIpc) is 2.48. The predicted molar refractivity (Wildman–Crippen MR) is 94.7 cm³/mol. The van der Waals surface area contributed by atoms with Crippen molar-refractivity contribution < 1.29 is 0 Å². The van der Waals surface area contributed by atoms with Crippen molar-refractivity contribution in [3.63, 3.8) is 0 Å². The summed E-state index contributed by atoms with van der Waals surface area (Å²) in [7, 11) is 0. The van der Waals surface area contributed by atoms with E-state index in [1.165, 1.54) is 11.1 Å². The third-order valence-corrected chi connectivity index (χ3v) is 5.22. The molecule has 0 aromatic heterocycles. The second-order valence-corrected chi connectivity index (χ2v) is 6.97. The van der Waals surface area contributed by atoms with Gasteiger partial charge >= 0.3 is 0 Å². The molecule has 0 amide bonds. The first kappa shape index (κ1) is 16.1. The van der Waals surface area contributed by atoms with Crippen LogP contribution in [-0.4, -0.2) is 0 Å². The van der Waals surface area contributed by atoms with Crippen LogP contribution < -0.4 is 0 Å². The Bertz CT molecular complexity index is 608. The van der Waals surface area contributed by atoms with Crippen LogP contribution in [0, 0.1) is 0 Å². The van der Waals surface area contributed by atoms with Crippen LogP contribution in [0.3, 0.4) is 0 Å². The molecule has 0 spiro atoms. The predicted octanol–water partition coefficient (Wildman–Crippen LogP) is 6.66. The Kier molecular flexibility index (Phi) is 5.71. The highest BCUT2D eigenvalue weighted by Crippen LogP contribution is 2.36. The smallest absolute Gasteiger partial charge is 0.0846 e. The van der Waals surface area contributed by atoms with Crippen LogP contribution >= 0.6 is 43.5 Å². The highest BCUT2D eigenvalue weighted by Gasteiger charge is 2.15. The Balaban J connectivity index is 2.42. The first-order valence-electron chi connectivity index (χ1n) is 6.77. The number of rotatable bonds is 4. The number of alkyl halides is 1. The van der Waals surface area contributed by atoms with E-state index in [-0.39, 0.29) is 5.38 Å². The molecular weight excluding hydrogens is 399 g/mol. The molecule has 106 valence electrons. The summed E-state index contributed by atoms with van der Waals surface area (Å²) >= 11 is 13.8. The molecule has 0 radical (unpaired) electrons. The molecule has 0 bridgehead atoms.